The number of nitrogens with one attached hydrogen (secondary N) is 1. The van der Waals surface area contributed by atoms with Crippen molar-refractivity contribution in [2.75, 3.05) is 11.9 Å². The Morgan fingerprint density at radius 3 is 2.65 bits per heavy atom. The highest BCUT2D eigenvalue weighted by molar-refractivity contribution is 9.10. The zero-order valence-corrected chi connectivity index (χ0v) is 12.5. The Morgan fingerprint density at radius 2 is 1.95 bits per heavy atom. The third-order valence-corrected chi connectivity index (χ3v) is 3.36. The smallest absolute Gasteiger partial charge is 0.150 e. The molecule has 0 radical (unpaired) electrons. The normalized spacial score (nSPS) is 10.4. The Balaban J connectivity index is 2.17. The fraction of sp³-hybridized carbons (Fsp3) is 0.200. The molecule has 0 spiro atoms. The SMILES string of the molecule is CCOc1ccccc1CNc1c(F)cc(F)cc1Br. The van der Waals surface area contributed by atoms with E-state index in [1.807, 2.05) is 31.2 Å². The van der Waals surface area contributed by atoms with Crippen molar-refractivity contribution < 1.29 is 13.5 Å². The molecule has 2 rings (SSSR count). The topological polar surface area (TPSA) is 21.3 Å². The summed E-state index contributed by atoms with van der Waals surface area (Å²) in [7, 11) is 0. The fourth-order valence-electron chi connectivity index (χ4n) is 1.84. The number of ether oxygens (including phenoxy) is 1. The van der Waals surface area contributed by atoms with Crippen LogP contribution in [0.4, 0.5) is 14.5 Å². The molecule has 0 saturated heterocycles. The van der Waals surface area contributed by atoms with E-state index in [-0.39, 0.29) is 5.69 Å². The number of rotatable bonds is 5. The van der Waals surface area contributed by atoms with Gasteiger partial charge in [0.05, 0.1) is 12.3 Å². The van der Waals surface area contributed by atoms with E-state index in [4.69, 9.17) is 4.74 Å². The quantitative estimate of drug-likeness (QED) is 0.848. The van der Waals surface area contributed by atoms with Crippen LogP contribution >= 0.6 is 15.9 Å². The molecule has 0 unspecified atom stereocenters. The summed E-state index contributed by atoms with van der Waals surface area (Å²) in [6.07, 6.45) is 0. The summed E-state index contributed by atoms with van der Waals surface area (Å²) in [6.45, 7) is 2.85. The Kier molecular flexibility index (Phi) is 4.95. The number of benzene rings is 2. The van der Waals surface area contributed by atoms with Crippen molar-refractivity contribution in [1.29, 1.82) is 0 Å². The average Bonchev–Trinajstić information content (AvgIpc) is 2.39. The first-order valence-electron chi connectivity index (χ1n) is 6.21. The molecular weight excluding hydrogens is 328 g/mol. The minimum Gasteiger partial charge on any atom is -0.494 e. The van der Waals surface area contributed by atoms with Crippen LogP contribution in [-0.4, -0.2) is 6.61 Å². The van der Waals surface area contributed by atoms with Crippen LogP contribution in [0.1, 0.15) is 12.5 Å². The molecule has 20 heavy (non-hydrogen) atoms. The zero-order valence-electron chi connectivity index (χ0n) is 10.9. The van der Waals surface area contributed by atoms with E-state index < -0.39 is 11.6 Å². The Morgan fingerprint density at radius 1 is 1.20 bits per heavy atom. The van der Waals surface area contributed by atoms with Crippen LogP contribution in [0.3, 0.4) is 0 Å². The van der Waals surface area contributed by atoms with E-state index in [0.29, 0.717) is 17.6 Å². The standard InChI is InChI=1S/C15H14BrF2NO/c1-2-20-14-6-4-3-5-10(14)9-19-15-12(16)7-11(17)8-13(15)18/h3-8,19H,2,9H2,1H3. The van der Waals surface area contributed by atoms with Gasteiger partial charge in [-0.25, -0.2) is 8.78 Å². The summed E-state index contributed by atoms with van der Waals surface area (Å²) in [5, 5.41) is 2.95. The first kappa shape index (κ1) is 14.8. The van der Waals surface area contributed by atoms with Crippen molar-refractivity contribution in [2.45, 2.75) is 13.5 Å². The fourth-order valence-corrected chi connectivity index (χ4v) is 2.39. The lowest BCUT2D eigenvalue weighted by Crippen LogP contribution is -2.05. The Bertz CT molecular complexity index is 581. The minimum atomic E-state index is -0.634. The van der Waals surface area contributed by atoms with E-state index in [9.17, 15) is 8.78 Å². The van der Waals surface area contributed by atoms with E-state index in [1.54, 1.807) is 0 Å². The monoisotopic (exact) mass is 341 g/mol. The van der Waals surface area contributed by atoms with Crippen LogP contribution in [0.15, 0.2) is 40.9 Å². The van der Waals surface area contributed by atoms with Gasteiger partial charge >= 0.3 is 0 Å². The van der Waals surface area contributed by atoms with Gasteiger partial charge in [0.15, 0.2) is 0 Å². The largest absolute Gasteiger partial charge is 0.494 e. The summed E-state index contributed by atoms with van der Waals surface area (Å²) in [5.74, 6) is -0.499. The van der Waals surface area contributed by atoms with Crippen LogP contribution in [0.25, 0.3) is 0 Å². The molecule has 0 atom stereocenters. The molecule has 0 saturated carbocycles. The summed E-state index contributed by atoms with van der Waals surface area (Å²) in [6, 6.07) is 9.59. The predicted octanol–water partition coefficient (Wildman–Crippen LogP) is 4.74. The molecule has 0 bridgehead atoms. The Hall–Kier alpha value is -1.62. The second kappa shape index (κ2) is 6.70. The highest BCUT2D eigenvalue weighted by atomic mass is 79.9. The van der Waals surface area contributed by atoms with Gasteiger partial charge in [-0.2, -0.15) is 0 Å². The molecule has 0 heterocycles. The van der Waals surface area contributed by atoms with Crippen LogP contribution in [-0.2, 0) is 6.54 Å². The molecule has 2 aromatic carbocycles. The van der Waals surface area contributed by atoms with Gasteiger partial charge in [-0.05, 0) is 35.0 Å². The molecule has 0 amide bonds. The first-order valence-corrected chi connectivity index (χ1v) is 7.00. The van der Waals surface area contributed by atoms with Gasteiger partial charge in [0.2, 0.25) is 0 Å². The van der Waals surface area contributed by atoms with Gasteiger partial charge in [-0.3, -0.25) is 0 Å². The molecule has 2 aromatic rings. The van der Waals surface area contributed by atoms with E-state index in [2.05, 4.69) is 21.2 Å². The van der Waals surface area contributed by atoms with Crippen molar-refractivity contribution >= 4 is 21.6 Å². The number of halogens is 3. The van der Waals surface area contributed by atoms with Crippen LogP contribution < -0.4 is 10.1 Å². The van der Waals surface area contributed by atoms with Crippen molar-refractivity contribution in [3.63, 3.8) is 0 Å². The highest BCUT2D eigenvalue weighted by Gasteiger charge is 2.10. The van der Waals surface area contributed by atoms with Crippen molar-refractivity contribution in [3.05, 3.63) is 58.1 Å². The first-order chi connectivity index (χ1) is 9.61. The van der Waals surface area contributed by atoms with Gasteiger partial charge in [0.25, 0.3) is 0 Å². The molecule has 5 heteroatoms. The third-order valence-electron chi connectivity index (χ3n) is 2.73. The Labute approximate surface area is 124 Å². The molecule has 1 N–H and O–H groups in total. The van der Waals surface area contributed by atoms with Gasteiger partial charge in [-0.1, -0.05) is 18.2 Å². The van der Waals surface area contributed by atoms with Gasteiger partial charge in [0, 0.05) is 22.6 Å². The number of hydrogen-bond donors (Lipinski definition) is 1. The van der Waals surface area contributed by atoms with Gasteiger partial charge < -0.3 is 10.1 Å². The van der Waals surface area contributed by atoms with Crippen LogP contribution in [0, 0.1) is 11.6 Å². The summed E-state index contributed by atoms with van der Waals surface area (Å²) in [4.78, 5) is 0. The molecule has 0 aliphatic rings. The van der Waals surface area contributed by atoms with Crippen LogP contribution in [0.2, 0.25) is 0 Å². The van der Waals surface area contributed by atoms with Crippen molar-refractivity contribution in [2.24, 2.45) is 0 Å². The average molecular weight is 342 g/mol. The summed E-state index contributed by atoms with van der Waals surface area (Å²) in [5.41, 5.74) is 1.14. The molecule has 0 fully saturated rings. The molecule has 106 valence electrons. The second-order valence-electron chi connectivity index (χ2n) is 4.14. The van der Waals surface area contributed by atoms with E-state index in [1.165, 1.54) is 6.07 Å². The van der Waals surface area contributed by atoms with E-state index in [0.717, 1.165) is 17.4 Å². The molecule has 0 aliphatic carbocycles. The number of para-hydroxylation sites is 1. The van der Waals surface area contributed by atoms with Crippen molar-refractivity contribution in [1.82, 2.24) is 0 Å². The van der Waals surface area contributed by atoms with E-state index >= 15 is 0 Å². The molecule has 0 aliphatic heterocycles. The third kappa shape index (κ3) is 3.48. The lowest BCUT2D eigenvalue weighted by Gasteiger charge is -2.13. The molecule has 0 aromatic heterocycles. The molecule has 2 nitrogen and oxygen atoms in total. The zero-order chi connectivity index (χ0) is 14.5. The maximum absolute atomic E-state index is 13.7. The maximum atomic E-state index is 13.7. The van der Waals surface area contributed by atoms with Crippen LogP contribution in [0.5, 0.6) is 5.75 Å². The molecular formula is C15H14BrF2NO. The predicted molar refractivity (Wildman–Crippen MR) is 79.0 cm³/mol. The van der Waals surface area contributed by atoms with Gasteiger partial charge in [0.1, 0.15) is 17.4 Å². The summed E-state index contributed by atoms with van der Waals surface area (Å²) >= 11 is 3.15. The second-order valence-corrected chi connectivity index (χ2v) is 4.99. The minimum absolute atomic E-state index is 0.234. The van der Waals surface area contributed by atoms with Crippen molar-refractivity contribution in [3.8, 4) is 5.75 Å². The maximum Gasteiger partial charge on any atom is 0.150 e. The lowest BCUT2D eigenvalue weighted by molar-refractivity contribution is 0.337. The lowest BCUT2D eigenvalue weighted by atomic mass is 10.2. The van der Waals surface area contributed by atoms with Gasteiger partial charge in [-0.15, -0.1) is 0 Å². The highest BCUT2D eigenvalue weighted by Crippen LogP contribution is 2.28. The summed E-state index contributed by atoms with van der Waals surface area (Å²) < 4.78 is 32.6. The number of anilines is 1. The number of hydrogen-bond acceptors (Lipinski definition) is 2.